The fourth-order valence-electron chi connectivity index (χ4n) is 1.70. The Balaban J connectivity index is 2.34. The van der Waals surface area contributed by atoms with Gasteiger partial charge in [-0.2, -0.15) is 0 Å². The molecule has 1 rings (SSSR count). The first-order chi connectivity index (χ1) is 6.24. The van der Waals surface area contributed by atoms with Crippen molar-refractivity contribution in [2.24, 2.45) is 5.92 Å². The molecule has 2 nitrogen and oxygen atoms in total. The second-order valence-electron chi connectivity index (χ2n) is 3.45. The maximum atomic E-state index is 10.6. The highest BCUT2D eigenvalue weighted by molar-refractivity contribution is 6.17. The van der Waals surface area contributed by atoms with Gasteiger partial charge in [-0.1, -0.05) is 11.6 Å². The summed E-state index contributed by atoms with van der Waals surface area (Å²) in [5.41, 5.74) is 1.39. The van der Waals surface area contributed by atoms with Crippen LogP contribution in [0.4, 0.5) is 0 Å². The molecule has 0 spiro atoms. The van der Waals surface area contributed by atoms with E-state index in [1.165, 1.54) is 5.57 Å². The fourth-order valence-corrected chi connectivity index (χ4v) is 1.81. The standard InChI is InChI=1S/C10H15ClO2/c11-7-1-2-8-3-5-9(6-4-8)10(12)13/h2,9H,1,3-7H2,(H,12,13). The third-order valence-electron chi connectivity index (χ3n) is 2.52. The van der Waals surface area contributed by atoms with Gasteiger partial charge >= 0.3 is 5.97 Å². The van der Waals surface area contributed by atoms with Crippen molar-refractivity contribution in [2.75, 3.05) is 5.88 Å². The molecule has 0 bridgehead atoms. The lowest BCUT2D eigenvalue weighted by molar-refractivity contribution is -0.142. The SMILES string of the molecule is O=C(O)C1CCC(=CCCCl)CC1. The highest BCUT2D eigenvalue weighted by Gasteiger charge is 2.21. The molecule has 0 unspecified atom stereocenters. The van der Waals surface area contributed by atoms with Crippen LogP contribution in [0.2, 0.25) is 0 Å². The Labute approximate surface area is 83.6 Å². The molecule has 0 amide bonds. The Morgan fingerprint density at radius 2 is 2.15 bits per heavy atom. The van der Waals surface area contributed by atoms with E-state index in [1.54, 1.807) is 0 Å². The number of carboxylic acid groups (broad SMARTS) is 1. The van der Waals surface area contributed by atoms with Gasteiger partial charge in [-0.3, -0.25) is 4.79 Å². The molecule has 1 aliphatic carbocycles. The number of hydrogen-bond acceptors (Lipinski definition) is 1. The van der Waals surface area contributed by atoms with Gasteiger partial charge in [0.15, 0.2) is 0 Å². The van der Waals surface area contributed by atoms with Crippen LogP contribution in [0, 0.1) is 5.92 Å². The zero-order valence-corrected chi connectivity index (χ0v) is 8.39. The molecule has 13 heavy (non-hydrogen) atoms. The predicted octanol–water partition coefficient (Wildman–Crippen LogP) is 2.82. The number of halogens is 1. The number of allylic oxidation sites excluding steroid dienone is 2. The van der Waals surface area contributed by atoms with Crippen LogP contribution in [0.3, 0.4) is 0 Å². The Kier molecular flexibility index (Phi) is 4.29. The summed E-state index contributed by atoms with van der Waals surface area (Å²) in [4.78, 5) is 10.6. The number of aliphatic carboxylic acids is 1. The molecule has 0 radical (unpaired) electrons. The first kappa shape index (κ1) is 10.6. The van der Waals surface area contributed by atoms with Crippen molar-refractivity contribution >= 4 is 17.6 Å². The van der Waals surface area contributed by atoms with Crippen LogP contribution in [0.1, 0.15) is 32.1 Å². The van der Waals surface area contributed by atoms with Gasteiger partial charge in [0, 0.05) is 5.88 Å². The van der Waals surface area contributed by atoms with E-state index in [0.717, 1.165) is 32.1 Å². The van der Waals surface area contributed by atoms with Crippen molar-refractivity contribution in [3.8, 4) is 0 Å². The third kappa shape index (κ3) is 3.39. The Bertz CT molecular complexity index is 201. The smallest absolute Gasteiger partial charge is 0.306 e. The average molecular weight is 203 g/mol. The maximum Gasteiger partial charge on any atom is 0.306 e. The molecular formula is C10H15ClO2. The fraction of sp³-hybridized carbons (Fsp3) is 0.700. The quantitative estimate of drug-likeness (QED) is 0.565. The van der Waals surface area contributed by atoms with Crippen LogP contribution in [0.5, 0.6) is 0 Å². The van der Waals surface area contributed by atoms with Crippen LogP contribution in [-0.4, -0.2) is 17.0 Å². The summed E-state index contributed by atoms with van der Waals surface area (Å²) in [7, 11) is 0. The summed E-state index contributed by atoms with van der Waals surface area (Å²) >= 11 is 5.56. The van der Waals surface area contributed by atoms with Crippen molar-refractivity contribution in [3.63, 3.8) is 0 Å². The Hall–Kier alpha value is -0.500. The minimum absolute atomic E-state index is 0.117. The Morgan fingerprint density at radius 3 is 2.62 bits per heavy atom. The molecule has 0 saturated heterocycles. The van der Waals surface area contributed by atoms with E-state index in [-0.39, 0.29) is 5.92 Å². The van der Waals surface area contributed by atoms with Gasteiger partial charge in [0.25, 0.3) is 0 Å². The topological polar surface area (TPSA) is 37.3 Å². The van der Waals surface area contributed by atoms with Crippen LogP contribution >= 0.6 is 11.6 Å². The van der Waals surface area contributed by atoms with Crippen molar-refractivity contribution < 1.29 is 9.90 Å². The van der Waals surface area contributed by atoms with Gasteiger partial charge in [0.1, 0.15) is 0 Å². The lowest BCUT2D eigenvalue weighted by Gasteiger charge is -2.20. The number of alkyl halides is 1. The highest BCUT2D eigenvalue weighted by atomic mass is 35.5. The molecule has 1 aliphatic rings. The number of rotatable bonds is 3. The van der Waals surface area contributed by atoms with Crippen molar-refractivity contribution in [1.82, 2.24) is 0 Å². The lowest BCUT2D eigenvalue weighted by atomic mass is 9.85. The number of carbonyl (C=O) groups is 1. The predicted molar refractivity (Wildman–Crippen MR) is 53.0 cm³/mol. The van der Waals surface area contributed by atoms with Gasteiger partial charge in [-0.05, 0) is 32.1 Å². The van der Waals surface area contributed by atoms with Gasteiger partial charge in [0.2, 0.25) is 0 Å². The summed E-state index contributed by atoms with van der Waals surface area (Å²) in [5.74, 6) is -0.101. The third-order valence-corrected chi connectivity index (χ3v) is 2.74. The van der Waals surface area contributed by atoms with E-state index >= 15 is 0 Å². The second kappa shape index (κ2) is 5.28. The van der Waals surface area contributed by atoms with Crippen LogP contribution in [-0.2, 0) is 4.79 Å². The van der Waals surface area contributed by atoms with Gasteiger partial charge in [-0.15, -0.1) is 11.6 Å². The molecule has 1 saturated carbocycles. The van der Waals surface area contributed by atoms with Gasteiger partial charge < -0.3 is 5.11 Å². The summed E-state index contributed by atoms with van der Waals surface area (Å²) in [5, 5.41) is 8.76. The average Bonchev–Trinajstić information content (AvgIpc) is 2.15. The minimum atomic E-state index is -0.642. The zero-order valence-electron chi connectivity index (χ0n) is 7.63. The van der Waals surface area contributed by atoms with Crippen LogP contribution in [0.25, 0.3) is 0 Å². The molecule has 0 aromatic carbocycles. The number of hydrogen-bond donors (Lipinski definition) is 1. The van der Waals surface area contributed by atoms with E-state index in [0.29, 0.717) is 5.88 Å². The first-order valence-corrected chi connectivity index (χ1v) is 5.24. The summed E-state index contributed by atoms with van der Waals surface area (Å²) in [6.45, 7) is 0. The van der Waals surface area contributed by atoms with E-state index in [2.05, 4.69) is 6.08 Å². The molecule has 0 aromatic heterocycles. The van der Waals surface area contributed by atoms with Crippen molar-refractivity contribution in [3.05, 3.63) is 11.6 Å². The summed E-state index contributed by atoms with van der Waals surface area (Å²) in [6, 6.07) is 0. The van der Waals surface area contributed by atoms with E-state index in [1.807, 2.05) is 0 Å². The Morgan fingerprint density at radius 1 is 1.54 bits per heavy atom. The van der Waals surface area contributed by atoms with Crippen molar-refractivity contribution in [2.45, 2.75) is 32.1 Å². The lowest BCUT2D eigenvalue weighted by Crippen LogP contribution is -2.17. The molecule has 0 heterocycles. The van der Waals surface area contributed by atoms with E-state index < -0.39 is 5.97 Å². The second-order valence-corrected chi connectivity index (χ2v) is 3.83. The van der Waals surface area contributed by atoms with Crippen LogP contribution in [0.15, 0.2) is 11.6 Å². The van der Waals surface area contributed by atoms with Gasteiger partial charge in [-0.25, -0.2) is 0 Å². The number of carboxylic acids is 1. The summed E-state index contributed by atoms with van der Waals surface area (Å²) in [6.07, 6.45) is 6.54. The summed E-state index contributed by atoms with van der Waals surface area (Å²) < 4.78 is 0. The molecule has 1 N–H and O–H groups in total. The molecular weight excluding hydrogens is 188 g/mol. The maximum absolute atomic E-state index is 10.6. The molecule has 0 aliphatic heterocycles. The molecule has 0 atom stereocenters. The van der Waals surface area contributed by atoms with Gasteiger partial charge in [0.05, 0.1) is 5.92 Å². The monoisotopic (exact) mass is 202 g/mol. The molecule has 1 fully saturated rings. The molecule has 3 heteroatoms. The molecule has 74 valence electrons. The van der Waals surface area contributed by atoms with E-state index in [9.17, 15) is 4.79 Å². The zero-order chi connectivity index (χ0) is 9.68. The first-order valence-electron chi connectivity index (χ1n) is 4.70. The molecule has 0 aromatic rings. The highest BCUT2D eigenvalue weighted by Crippen LogP contribution is 2.28. The largest absolute Gasteiger partial charge is 0.481 e. The normalized spacial score (nSPS) is 22.8. The van der Waals surface area contributed by atoms with Crippen molar-refractivity contribution in [1.29, 1.82) is 0 Å². The minimum Gasteiger partial charge on any atom is -0.481 e. The van der Waals surface area contributed by atoms with Crippen LogP contribution < -0.4 is 0 Å². The van der Waals surface area contributed by atoms with E-state index in [4.69, 9.17) is 16.7 Å².